The molecule has 3 rings (SSSR count). The van der Waals surface area contributed by atoms with Gasteiger partial charge in [-0.1, -0.05) is 11.3 Å². The summed E-state index contributed by atoms with van der Waals surface area (Å²) in [6.45, 7) is 0.297. The van der Waals surface area contributed by atoms with Gasteiger partial charge in [-0.3, -0.25) is 5.10 Å². The van der Waals surface area contributed by atoms with Crippen molar-refractivity contribution in [3.05, 3.63) is 33.8 Å². The van der Waals surface area contributed by atoms with Crippen LogP contribution in [0.15, 0.2) is 17.9 Å². The predicted molar refractivity (Wildman–Crippen MR) is 63.4 cm³/mol. The van der Waals surface area contributed by atoms with Gasteiger partial charge in [0.1, 0.15) is 18.3 Å². The first-order valence-corrected chi connectivity index (χ1v) is 5.81. The Labute approximate surface area is 104 Å². The standard InChI is InChI=1S/C8H7N7O2S/c16-15(17)7-6(9-3-5-10-4-11-13-5)12-8-14(7)1-2-18-8/h1-2,4,9H,3H2,(H,10,11,13). The van der Waals surface area contributed by atoms with Crippen LogP contribution in [0.3, 0.4) is 0 Å². The third-order valence-corrected chi connectivity index (χ3v) is 3.05. The molecule has 3 heterocycles. The maximum absolute atomic E-state index is 11.0. The number of anilines is 1. The van der Waals surface area contributed by atoms with Crippen molar-refractivity contribution >= 4 is 27.9 Å². The van der Waals surface area contributed by atoms with Gasteiger partial charge in [0.2, 0.25) is 5.82 Å². The van der Waals surface area contributed by atoms with Crippen LogP contribution in [0.1, 0.15) is 5.82 Å². The summed E-state index contributed by atoms with van der Waals surface area (Å²) in [7, 11) is 0. The van der Waals surface area contributed by atoms with Crippen molar-refractivity contribution in [2.75, 3.05) is 5.32 Å². The van der Waals surface area contributed by atoms with Gasteiger partial charge in [0.05, 0.1) is 6.54 Å². The largest absolute Gasteiger partial charge is 0.372 e. The smallest absolute Gasteiger partial charge is 0.358 e. The monoisotopic (exact) mass is 265 g/mol. The number of rotatable bonds is 4. The lowest BCUT2D eigenvalue weighted by molar-refractivity contribution is -0.389. The van der Waals surface area contributed by atoms with E-state index in [0.29, 0.717) is 17.3 Å². The number of nitrogens with zero attached hydrogens (tertiary/aromatic N) is 5. The average Bonchev–Trinajstić information content (AvgIpc) is 3.01. The average molecular weight is 265 g/mol. The van der Waals surface area contributed by atoms with E-state index in [4.69, 9.17) is 0 Å². The second-order valence-corrected chi connectivity index (χ2v) is 4.26. The molecule has 0 aliphatic heterocycles. The number of nitrogens with one attached hydrogen (secondary N) is 2. The molecule has 0 aromatic carbocycles. The van der Waals surface area contributed by atoms with Crippen LogP contribution in [0.5, 0.6) is 0 Å². The van der Waals surface area contributed by atoms with E-state index in [-0.39, 0.29) is 11.6 Å². The highest BCUT2D eigenvalue weighted by atomic mass is 32.1. The third kappa shape index (κ3) is 1.68. The molecule has 2 N–H and O–H groups in total. The first kappa shape index (κ1) is 10.7. The highest BCUT2D eigenvalue weighted by Crippen LogP contribution is 2.27. The summed E-state index contributed by atoms with van der Waals surface area (Å²) in [6.07, 6.45) is 2.99. The highest BCUT2D eigenvalue weighted by Gasteiger charge is 2.23. The predicted octanol–water partition coefficient (Wildman–Crippen LogP) is 1.03. The van der Waals surface area contributed by atoms with E-state index in [2.05, 4.69) is 25.5 Å². The van der Waals surface area contributed by atoms with Crippen LogP contribution >= 0.6 is 11.3 Å². The lowest BCUT2D eigenvalue weighted by Gasteiger charge is -2.00. The summed E-state index contributed by atoms with van der Waals surface area (Å²) in [5.41, 5.74) is 0. The van der Waals surface area contributed by atoms with Gasteiger partial charge in [-0.05, 0) is 4.92 Å². The Morgan fingerprint density at radius 3 is 3.22 bits per heavy atom. The highest BCUT2D eigenvalue weighted by molar-refractivity contribution is 7.15. The zero-order chi connectivity index (χ0) is 12.5. The Bertz CT molecular complexity index is 686. The summed E-state index contributed by atoms with van der Waals surface area (Å²) in [4.78, 5) is 19.2. The number of fused-ring (bicyclic) bond motifs is 1. The summed E-state index contributed by atoms with van der Waals surface area (Å²) in [6, 6.07) is 0. The van der Waals surface area contributed by atoms with E-state index < -0.39 is 4.92 Å². The minimum Gasteiger partial charge on any atom is -0.358 e. The normalized spacial score (nSPS) is 10.9. The molecule has 3 aromatic heterocycles. The van der Waals surface area contributed by atoms with Crippen LogP contribution in [0.25, 0.3) is 4.96 Å². The van der Waals surface area contributed by atoms with E-state index in [1.165, 1.54) is 22.1 Å². The van der Waals surface area contributed by atoms with Gasteiger partial charge in [-0.15, -0.1) is 0 Å². The van der Waals surface area contributed by atoms with Gasteiger partial charge in [-0.25, -0.2) is 4.98 Å². The summed E-state index contributed by atoms with van der Waals surface area (Å²) < 4.78 is 1.44. The third-order valence-electron chi connectivity index (χ3n) is 2.30. The SMILES string of the molecule is O=[N+]([O-])c1c(NCc2ncn[nH]2)nc2sccn12. The first-order chi connectivity index (χ1) is 8.75. The molecule has 0 saturated heterocycles. The molecule has 0 bridgehead atoms. The zero-order valence-electron chi connectivity index (χ0n) is 8.90. The quantitative estimate of drug-likeness (QED) is 0.538. The fourth-order valence-electron chi connectivity index (χ4n) is 1.55. The van der Waals surface area contributed by atoms with Crippen LogP contribution < -0.4 is 5.32 Å². The van der Waals surface area contributed by atoms with Gasteiger partial charge in [0, 0.05) is 5.38 Å². The van der Waals surface area contributed by atoms with Crippen molar-refractivity contribution in [1.29, 1.82) is 0 Å². The molecule has 18 heavy (non-hydrogen) atoms. The summed E-state index contributed by atoms with van der Waals surface area (Å²) in [5.74, 6) is 0.731. The first-order valence-electron chi connectivity index (χ1n) is 4.94. The molecule has 3 aromatic rings. The molecule has 0 fully saturated rings. The number of H-pyrrole nitrogens is 1. The second-order valence-electron chi connectivity index (χ2n) is 3.38. The lowest BCUT2D eigenvalue weighted by atomic mass is 10.5. The Balaban J connectivity index is 1.93. The molecule has 0 unspecified atom stereocenters. The topological polar surface area (TPSA) is 114 Å². The molecule has 0 amide bonds. The molecule has 92 valence electrons. The molecule has 0 aliphatic carbocycles. The van der Waals surface area contributed by atoms with Crippen LogP contribution in [0.2, 0.25) is 0 Å². The number of hydrogen-bond donors (Lipinski definition) is 2. The van der Waals surface area contributed by atoms with E-state index >= 15 is 0 Å². The molecule has 9 nitrogen and oxygen atoms in total. The molecular weight excluding hydrogens is 258 g/mol. The minimum absolute atomic E-state index is 0.0780. The van der Waals surface area contributed by atoms with Crippen molar-refractivity contribution in [3.8, 4) is 0 Å². The van der Waals surface area contributed by atoms with Gasteiger partial charge in [0.15, 0.2) is 0 Å². The molecule has 10 heteroatoms. The van der Waals surface area contributed by atoms with Crippen molar-refractivity contribution in [3.63, 3.8) is 0 Å². The maximum atomic E-state index is 11.0. The molecule has 0 atom stereocenters. The lowest BCUT2D eigenvalue weighted by Crippen LogP contribution is -2.04. The fourth-order valence-corrected chi connectivity index (χ4v) is 2.26. The van der Waals surface area contributed by atoms with Gasteiger partial charge in [0.25, 0.3) is 4.96 Å². The van der Waals surface area contributed by atoms with Crippen molar-refractivity contribution in [2.24, 2.45) is 0 Å². The van der Waals surface area contributed by atoms with Crippen LogP contribution in [0, 0.1) is 10.1 Å². The van der Waals surface area contributed by atoms with E-state index in [1.807, 2.05) is 0 Å². The molecule has 0 radical (unpaired) electrons. The fraction of sp³-hybridized carbons (Fsp3) is 0.125. The van der Waals surface area contributed by atoms with Crippen LogP contribution in [0.4, 0.5) is 11.6 Å². The molecule has 0 aliphatic rings. The van der Waals surface area contributed by atoms with Gasteiger partial charge in [-0.2, -0.15) is 14.5 Å². The maximum Gasteiger partial charge on any atom is 0.372 e. The minimum atomic E-state index is -0.463. The molecule has 0 spiro atoms. The van der Waals surface area contributed by atoms with E-state index in [9.17, 15) is 10.1 Å². The Morgan fingerprint density at radius 2 is 2.50 bits per heavy atom. The molecular formula is C8H7N7O2S. The number of aromatic amines is 1. The van der Waals surface area contributed by atoms with Crippen LogP contribution in [-0.4, -0.2) is 29.5 Å². The molecule has 0 saturated carbocycles. The Morgan fingerprint density at radius 1 is 1.61 bits per heavy atom. The number of aromatic nitrogens is 5. The number of thiazole rings is 1. The zero-order valence-corrected chi connectivity index (χ0v) is 9.72. The van der Waals surface area contributed by atoms with Crippen molar-refractivity contribution in [1.82, 2.24) is 24.6 Å². The number of hydrogen-bond acceptors (Lipinski definition) is 7. The van der Waals surface area contributed by atoms with Crippen molar-refractivity contribution in [2.45, 2.75) is 6.54 Å². The Kier molecular flexibility index (Phi) is 2.41. The summed E-state index contributed by atoms with van der Waals surface area (Å²) in [5, 5.41) is 22.0. The van der Waals surface area contributed by atoms with E-state index in [1.54, 1.807) is 11.6 Å². The Hall–Kier alpha value is -2.49. The van der Waals surface area contributed by atoms with Crippen LogP contribution in [-0.2, 0) is 6.54 Å². The van der Waals surface area contributed by atoms with Gasteiger partial charge < -0.3 is 15.4 Å². The van der Waals surface area contributed by atoms with Crippen molar-refractivity contribution < 1.29 is 4.92 Å². The summed E-state index contributed by atoms with van der Waals surface area (Å²) >= 11 is 1.33. The number of imidazole rings is 1. The second kappa shape index (κ2) is 4.07. The van der Waals surface area contributed by atoms with Gasteiger partial charge >= 0.3 is 5.82 Å². The van der Waals surface area contributed by atoms with E-state index in [0.717, 1.165) is 0 Å². The number of nitro groups is 1.